The molecule has 21 heavy (non-hydrogen) atoms. The fraction of sp³-hybridized carbons (Fsp3) is 0.118. The van der Waals surface area contributed by atoms with Gasteiger partial charge in [0.05, 0.1) is 12.2 Å². The van der Waals surface area contributed by atoms with Crippen molar-refractivity contribution in [3.63, 3.8) is 0 Å². The number of anilines is 1. The number of aromatic nitrogens is 2. The lowest BCUT2D eigenvalue weighted by atomic mass is 10.1. The summed E-state index contributed by atoms with van der Waals surface area (Å²) >= 11 is 0. The van der Waals surface area contributed by atoms with E-state index in [1.54, 1.807) is 29.1 Å². The van der Waals surface area contributed by atoms with Crippen molar-refractivity contribution in [2.75, 3.05) is 5.73 Å². The maximum Gasteiger partial charge on any atom is 0.132 e. The van der Waals surface area contributed by atoms with Gasteiger partial charge in [0.15, 0.2) is 0 Å². The van der Waals surface area contributed by atoms with E-state index in [9.17, 15) is 4.39 Å². The summed E-state index contributed by atoms with van der Waals surface area (Å²) in [5.74, 6) is -0.315. The molecule has 3 aromatic rings. The quantitative estimate of drug-likeness (QED) is 0.796. The van der Waals surface area contributed by atoms with Crippen LogP contribution in [0.15, 0.2) is 54.7 Å². The van der Waals surface area contributed by atoms with Crippen molar-refractivity contribution in [2.24, 2.45) is 0 Å². The topological polar surface area (TPSA) is 43.8 Å². The SMILES string of the molecule is Cc1cccc(Cn2cc(N)c(-c3ccccc3F)n2)c1. The van der Waals surface area contributed by atoms with Gasteiger partial charge in [-0.15, -0.1) is 0 Å². The zero-order chi connectivity index (χ0) is 14.8. The fourth-order valence-corrected chi connectivity index (χ4v) is 2.38. The number of nitrogen functional groups attached to an aromatic ring is 1. The number of nitrogens with zero attached hydrogens (tertiary/aromatic N) is 2. The second-order valence-electron chi connectivity index (χ2n) is 5.10. The largest absolute Gasteiger partial charge is 0.396 e. The summed E-state index contributed by atoms with van der Waals surface area (Å²) in [5, 5.41) is 4.42. The molecule has 106 valence electrons. The summed E-state index contributed by atoms with van der Waals surface area (Å²) in [6.07, 6.45) is 1.74. The third kappa shape index (κ3) is 2.79. The zero-order valence-corrected chi connectivity index (χ0v) is 11.8. The van der Waals surface area contributed by atoms with Crippen LogP contribution in [0.5, 0.6) is 0 Å². The van der Waals surface area contributed by atoms with Gasteiger partial charge in [-0.05, 0) is 24.6 Å². The van der Waals surface area contributed by atoms with Gasteiger partial charge in [-0.1, -0.05) is 42.0 Å². The molecule has 0 amide bonds. The van der Waals surface area contributed by atoms with Gasteiger partial charge < -0.3 is 5.73 Å². The Morgan fingerprint density at radius 3 is 2.71 bits per heavy atom. The highest BCUT2D eigenvalue weighted by atomic mass is 19.1. The maximum absolute atomic E-state index is 13.8. The smallest absolute Gasteiger partial charge is 0.132 e. The van der Waals surface area contributed by atoms with Crippen molar-refractivity contribution in [3.05, 3.63) is 71.7 Å². The predicted molar refractivity (Wildman–Crippen MR) is 82.3 cm³/mol. The number of aryl methyl sites for hydroxylation is 1. The van der Waals surface area contributed by atoms with Crippen LogP contribution in [0.25, 0.3) is 11.3 Å². The molecule has 1 heterocycles. The summed E-state index contributed by atoms with van der Waals surface area (Å²) in [6, 6.07) is 14.7. The Bertz CT molecular complexity index is 777. The lowest BCUT2D eigenvalue weighted by Gasteiger charge is -2.03. The van der Waals surface area contributed by atoms with Crippen LogP contribution in [-0.4, -0.2) is 9.78 Å². The molecule has 0 spiro atoms. The minimum atomic E-state index is -0.315. The van der Waals surface area contributed by atoms with Crippen LogP contribution in [0, 0.1) is 12.7 Å². The first-order chi connectivity index (χ1) is 10.1. The third-order valence-electron chi connectivity index (χ3n) is 3.35. The molecule has 0 saturated carbocycles. The van der Waals surface area contributed by atoms with Gasteiger partial charge in [0.1, 0.15) is 11.5 Å². The number of benzene rings is 2. The maximum atomic E-state index is 13.8. The second-order valence-corrected chi connectivity index (χ2v) is 5.10. The van der Waals surface area contributed by atoms with Crippen molar-refractivity contribution in [3.8, 4) is 11.3 Å². The molecule has 0 atom stereocenters. The first-order valence-electron chi connectivity index (χ1n) is 6.77. The van der Waals surface area contributed by atoms with Crippen LogP contribution in [0.2, 0.25) is 0 Å². The van der Waals surface area contributed by atoms with Gasteiger partial charge >= 0.3 is 0 Å². The van der Waals surface area contributed by atoms with Crippen LogP contribution in [0.1, 0.15) is 11.1 Å². The van der Waals surface area contributed by atoms with Crippen LogP contribution in [0.4, 0.5) is 10.1 Å². The van der Waals surface area contributed by atoms with Crippen molar-refractivity contribution in [1.29, 1.82) is 0 Å². The number of hydrogen-bond donors (Lipinski definition) is 1. The molecule has 0 aliphatic rings. The van der Waals surface area contributed by atoms with Crippen molar-refractivity contribution >= 4 is 5.69 Å². The van der Waals surface area contributed by atoms with E-state index in [2.05, 4.69) is 11.2 Å². The normalized spacial score (nSPS) is 10.8. The van der Waals surface area contributed by atoms with Gasteiger partial charge in [0.2, 0.25) is 0 Å². The second kappa shape index (κ2) is 5.40. The van der Waals surface area contributed by atoms with E-state index in [0.29, 0.717) is 23.5 Å². The van der Waals surface area contributed by atoms with Crippen LogP contribution >= 0.6 is 0 Å². The van der Waals surface area contributed by atoms with Crippen molar-refractivity contribution in [1.82, 2.24) is 9.78 Å². The van der Waals surface area contributed by atoms with Gasteiger partial charge in [-0.3, -0.25) is 4.68 Å². The molecular weight excluding hydrogens is 265 g/mol. The molecule has 2 N–H and O–H groups in total. The Balaban J connectivity index is 1.93. The Hall–Kier alpha value is -2.62. The zero-order valence-electron chi connectivity index (χ0n) is 11.8. The first-order valence-corrected chi connectivity index (χ1v) is 6.77. The molecular formula is C17H16FN3. The van der Waals surface area contributed by atoms with Crippen LogP contribution in [-0.2, 0) is 6.54 Å². The summed E-state index contributed by atoms with van der Waals surface area (Å²) in [5.41, 5.74) is 9.70. The van der Waals surface area contributed by atoms with Crippen LogP contribution < -0.4 is 5.73 Å². The number of hydrogen-bond acceptors (Lipinski definition) is 2. The molecule has 0 radical (unpaired) electrons. The molecule has 4 heteroatoms. The van der Waals surface area contributed by atoms with E-state index in [-0.39, 0.29) is 5.82 Å². The molecule has 0 aliphatic carbocycles. The van der Waals surface area contributed by atoms with E-state index in [1.165, 1.54) is 11.6 Å². The summed E-state index contributed by atoms with van der Waals surface area (Å²) in [6.45, 7) is 2.66. The first kappa shape index (κ1) is 13.4. The summed E-state index contributed by atoms with van der Waals surface area (Å²) in [4.78, 5) is 0. The average molecular weight is 281 g/mol. The number of rotatable bonds is 3. The van der Waals surface area contributed by atoms with Gasteiger partial charge in [-0.2, -0.15) is 5.10 Å². The lowest BCUT2D eigenvalue weighted by molar-refractivity contribution is 0.628. The number of halogens is 1. The summed E-state index contributed by atoms with van der Waals surface area (Å²) < 4.78 is 15.6. The minimum Gasteiger partial charge on any atom is -0.396 e. The highest BCUT2D eigenvalue weighted by molar-refractivity contribution is 5.72. The molecule has 3 rings (SSSR count). The predicted octanol–water partition coefficient (Wildman–Crippen LogP) is 3.63. The summed E-state index contributed by atoms with van der Waals surface area (Å²) in [7, 11) is 0. The van der Waals surface area contributed by atoms with E-state index >= 15 is 0 Å². The van der Waals surface area contributed by atoms with E-state index < -0.39 is 0 Å². The molecule has 3 nitrogen and oxygen atoms in total. The standard InChI is InChI=1S/C17H16FN3/c1-12-5-4-6-13(9-12)10-21-11-16(19)17(20-21)14-7-2-3-8-15(14)18/h2-9,11H,10,19H2,1H3. The molecule has 0 unspecified atom stereocenters. The van der Waals surface area contributed by atoms with Gasteiger partial charge in [0, 0.05) is 11.8 Å². The Morgan fingerprint density at radius 2 is 1.95 bits per heavy atom. The Kier molecular flexibility index (Phi) is 3.44. The molecule has 1 aromatic heterocycles. The molecule has 2 aromatic carbocycles. The average Bonchev–Trinajstić information content (AvgIpc) is 2.80. The highest BCUT2D eigenvalue weighted by Crippen LogP contribution is 2.26. The monoisotopic (exact) mass is 281 g/mol. The van der Waals surface area contributed by atoms with Gasteiger partial charge in [0.25, 0.3) is 0 Å². The third-order valence-corrected chi connectivity index (χ3v) is 3.35. The molecule has 0 aliphatic heterocycles. The molecule has 0 saturated heterocycles. The Labute approximate surface area is 122 Å². The van der Waals surface area contributed by atoms with Crippen molar-refractivity contribution < 1.29 is 4.39 Å². The van der Waals surface area contributed by atoms with Crippen molar-refractivity contribution in [2.45, 2.75) is 13.5 Å². The number of nitrogens with two attached hydrogens (primary N) is 1. The molecule has 0 bridgehead atoms. The van der Waals surface area contributed by atoms with E-state index in [1.807, 2.05) is 25.1 Å². The Morgan fingerprint density at radius 1 is 1.14 bits per heavy atom. The van der Waals surface area contributed by atoms with Crippen LogP contribution in [0.3, 0.4) is 0 Å². The lowest BCUT2D eigenvalue weighted by Crippen LogP contribution is -2.00. The minimum absolute atomic E-state index is 0.315. The van der Waals surface area contributed by atoms with E-state index in [4.69, 9.17) is 5.73 Å². The van der Waals surface area contributed by atoms with Gasteiger partial charge in [-0.25, -0.2) is 4.39 Å². The highest BCUT2D eigenvalue weighted by Gasteiger charge is 2.12. The fourth-order valence-electron chi connectivity index (χ4n) is 2.38. The molecule has 0 fully saturated rings. The van der Waals surface area contributed by atoms with E-state index in [0.717, 1.165) is 5.56 Å².